The van der Waals surface area contributed by atoms with E-state index >= 15 is 0 Å². The third-order valence-corrected chi connectivity index (χ3v) is 5.71. The molecule has 0 aromatic rings. The van der Waals surface area contributed by atoms with Crippen LogP contribution in [0.5, 0.6) is 0 Å². The first kappa shape index (κ1) is 10.1. The summed E-state index contributed by atoms with van der Waals surface area (Å²) in [6.07, 6.45) is 9.74. The van der Waals surface area contributed by atoms with Crippen LogP contribution in [0.25, 0.3) is 0 Å². The van der Waals surface area contributed by atoms with Crippen LogP contribution in [0.15, 0.2) is 0 Å². The van der Waals surface area contributed by atoms with Crippen molar-refractivity contribution < 1.29 is 0 Å². The summed E-state index contributed by atoms with van der Waals surface area (Å²) in [7, 11) is 0. The van der Waals surface area contributed by atoms with Crippen LogP contribution in [0.2, 0.25) is 0 Å². The van der Waals surface area contributed by atoms with E-state index in [0.717, 1.165) is 24.3 Å². The van der Waals surface area contributed by atoms with E-state index in [4.69, 9.17) is 11.5 Å². The van der Waals surface area contributed by atoms with Crippen molar-refractivity contribution in [1.29, 1.82) is 0 Å². The molecule has 0 aliphatic heterocycles. The van der Waals surface area contributed by atoms with Gasteiger partial charge in [0, 0.05) is 6.04 Å². The predicted octanol–water partition coefficient (Wildman–Crippen LogP) is 1.88. The molecule has 2 nitrogen and oxygen atoms in total. The first-order valence-corrected chi connectivity index (χ1v) is 6.72. The summed E-state index contributed by atoms with van der Waals surface area (Å²) >= 11 is 0. The van der Waals surface area contributed by atoms with Crippen molar-refractivity contribution >= 4 is 0 Å². The number of fused-ring (bicyclic) bond motifs is 3. The molecule has 5 atom stereocenters. The molecule has 4 N–H and O–H groups in total. The first-order chi connectivity index (χ1) is 7.26. The summed E-state index contributed by atoms with van der Waals surface area (Å²) in [6.45, 7) is 0.881. The van der Waals surface area contributed by atoms with E-state index in [2.05, 4.69) is 0 Å². The van der Waals surface area contributed by atoms with Gasteiger partial charge in [0.25, 0.3) is 0 Å². The van der Waals surface area contributed by atoms with E-state index in [1.807, 2.05) is 0 Å². The molecule has 0 radical (unpaired) electrons. The topological polar surface area (TPSA) is 52.0 Å². The third-order valence-electron chi connectivity index (χ3n) is 5.71. The van der Waals surface area contributed by atoms with E-state index in [1.54, 1.807) is 0 Å². The maximum Gasteiger partial charge on any atom is 0.0127 e. The molecule has 3 saturated carbocycles. The molecule has 3 rings (SSSR count). The second-order valence-corrected chi connectivity index (χ2v) is 6.23. The van der Waals surface area contributed by atoms with Crippen molar-refractivity contribution in [3.8, 4) is 0 Å². The molecular weight excluding hydrogens is 184 g/mol. The highest BCUT2D eigenvalue weighted by Gasteiger charge is 2.57. The Morgan fingerprint density at radius 2 is 2.07 bits per heavy atom. The normalized spacial score (nSPS) is 54.0. The third kappa shape index (κ3) is 1.31. The molecule has 2 heteroatoms. The minimum absolute atomic E-state index is 0.505. The zero-order chi connectivity index (χ0) is 10.5. The molecule has 3 fully saturated rings. The molecule has 15 heavy (non-hydrogen) atoms. The van der Waals surface area contributed by atoms with Gasteiger partial charge in [-0.1, -0.05) is 6.42 Å². The van der Waals surface area contributed by atoms with Crippen LogP contribution in [-0.2, 0) is 0 Å². The summed E-state index contributed by atoms with van der Waals surface area (Å²) in [5.74, 6) is 2.57. The van der Waals surface area contributed by atoms with E-state index < -0.39 is 0 Å². The fraction of sp³-hybridized carbons (Fsp3) is 1.00. The van der Waals surface area contributed by atoms with Gasteiger partial charge in [0.2, 0.25) is 0 Å². The van der Waals surface area contributed by atoms with Crippen LogP contribution in [0, 0.1) is 23.2 Å². The van der Waals surface area contributed by atoms with Gasteiger partial charge >= 0.3 is 0 Å². The lowest BCUT2D eigenvalue weighted by Gasteiger charge is -2.47. The molecular formula is C13H24N2. The van der Waals surface area contributed by atoms with Gasteiger partial charge in [-0.2, -0.15) is 0 Å². The lowest BCUT2D eigenvalue weighted by molar-refractivity contribution is 0.0505. The Bertz CT molecular complexity index is 249. The van der Waals surface area contributed by atoms with Crippen LogP contribution in [-0.4, -0.2) is 12.6 Å². The number of rotatable bonds is 1. The summed E-state index contributed by atoms with van der Waals surface area (Å²) in [6, 6.07) is 0.505. The summed E-state index contributed by atoms with van der Waals surface area (Å²) in [4.78, 5) is 0. The van der Waals surface area contributed by atoms with Crippen LogP contribution >= 0.6 is 0 Å². The van der Waals surface area contributed by atoms with E-state index in [9.17, 15) is 0 Å². The zero-order valence-electron chi connectivity index (χ0n) is 9.62. The highest BCUT2D eigenvalue weighted by Crippen LogP contribution is 2.61. The Kier molecular flexibility index (Phi) is 2.33. The summed E-state index contributed by atoms with van der Waals surface area (Å²) in [5, 5.41) is 0. The maximum atomic E-state index is 6.51. The molecule has 0 saturated heterocycles. The van der Waals surface area contributed by atoms with Crippen molar-refractivity contribution in [3.05, 3.63) is 0 Å². The largest absolute Gasteiger partial charge is 0.330 e. The minimum Gasteiger partial charge on any atom is -0.330 e. The number of hydrogen-bond donors (Lipinski definition) is 2. The molecule has 3 aliphatic rings. The lowest BCUT2D eigenvalue weighted by atomic mass is 9.59. The molecule has 2 bridgehead atoms. The highest BCUT2D eigenvalue weighted by atomic mass is 14.8. The van der Waals surface area contributed by atoms with Gasteiger partial charge in [0.1, 0.15) is 0 Å². The molecule has 0 unspecified atom stereocenters. The monoisotopic (exact) mass is 208 g/mol. The second-order valence-electron chi connectivity index (χ2n) is 6.23. The zero-order valence-corrected chi connectivity index (χ0v) is 9.62. The van der Waals surface area contributed by atoms with Gasteiger partial charge in [0.15, 0.2) is 0 Å². The molecule has 86 valence electrons. The molecule has 0 amide bonds. The van der Waals surface area contributed by atoms with Gasteiger partial charge in [0.05, 0.1) is 0 Å². The Balaban J connectivity index is 1.83. The highest BCUT2D eigenvalue weighted by molar-refractivity contribution is 5.10. The SMILES string of the molecule is NC[C@H]1CCC[C@@]2(C1)[C@H]1CC[C@H](C1)[C@H]2N. The van der Waals surface area contributed by atoms with Gasteiger partial charge in [-0.3, -0.25) is 0 Å². The van der Waals surface area contributed by atoms with Crippen LogP contribution in [0.1, 0.15) is 44.9 Å². The summed E-state index contributed by atoms with van der Waals surface area (Å²) < 4.78 is 0. The number of hydrogen-bond acceptors (Lipinski definition) is 2. The lowest BCUT2D eigenvalue weighted by Crippen LogP contribution is -2.49. The van der Waals surface area contributed by atoms with Crippen LogP contribution < -0.4 is 11.5 Å². The smallest absolute Gasteiger partial charge is 0.0127 e. The van der Waals surface area contributed by atoms with Gasteiger partial charge < -0.3 is 11.5 Å². The van der Waals surface area contributed by atoms with E-state index in [0.29, 0.717) is 11.5 Å². The van der Waals surface area contributed by atoms with Crippen molar-refractivity contribution in [3.63, 3.8) is 0 Å². The maximum absolute atomic E-state index is 6.51. The minimum atomic E-state index is 0.505. The second kappa shape index (κ2) is 3.46. The molecule has 0 heterocycles. The molecule has 0 aromatic heterocycles. The Morgan fingerprint density at radius 1 is 1.20 bits per heavy atom. The standard InChI is InChI=1S/C13H24N2/c14-8-9-2-1-5-13(7-9)11-4-3-10(6-11)12(13)15/h9-12H,1-8,14-15H2/t9-,10+,11-,12+,13+/m0/s1. The van der Waals surface area contributed by atoms with Crippen molar-refractivity contribution in [2.45, 2.75) is 51.0 Å². The van der Waals surface area contributed by atoms with E-state index in [-0.39, 0.29) is 0 Å². The molecule has 3 aliphatic carbocycles. The first-order valence-electron chi connectivity index (χ1n) is 6.72. The van der Waals surface area contributed by atoms with Gasteiger partial charge in [-0.15, -0.1) is 0 Å². The Hall–Kier alpha value is -0.0800. The number of nitrogens with two attached hydrogens (primary N) is 2. The Morgan fingerprint density at radius 3 is 2.73 bits per heavy atom. The fourth-order valence-corrected chi connectivity index (χ4v) is 4.94. The Labute approximate surface area is 92.8 Å². The van der Waals surface area contributed by atoms with Crippen molar-refractivity contribution in [2.24, 2.45) is 34.6 Å². The quantitative estimate of drug-likeness (QED) is 0.691. The van der Waals surface area contributed by atoms with E-state index in [1.165, 1.54) is 44.9 Å². The summed E-state index contributed by atoms with van der Waals surface area (Å²) in [5.41, 5.74) is 12.9. The van der Waals surface area contributed by atoms with Crippen molar-refractivity contribution in [2.75, 3.05) is 6.54 Å². The van der Waals surface area contributed by atoms with Crippen LogP contribution in [0.3, 0.4) is 0 Å². The van der Waals surface area contributed by atoms with Crippen LogP contribution in [0.4, 0.5) is 0 Å². The van der Waals surface area contributed by atoms with Gasteiger partial charge in [-0.25, -0.2) is 0 Å². The fourth-order valence-electron chi connectivity index (χ4n) is 4.94. The van der Waals surface area contributed by atoms with Crippen molar-refractivity contribution in [1.82, 2.24) is 0 Å². The average Bonchev–Trinajstić information content (AvgIpc) is 2.84. The van der Waals surface area contributed by atoms with Gasteiger partial charge in [-0.05, 0) is 68.2 Å². The predicted molar refractivity (Wildman–Crippen MR) is 62.3 cm³/mol. The average molecular weight is 208 g/mol. The molecule has 1 spiro atoms. The molecule has 0 aromatic carbocycles.